The largest absolute Gasteiger partial charge is 0.465 e. The van der Waals surface area contributed by atoms with E-state index in [2.05, 4.69) is 24.5 Å². The van der Waals surface area contributed by atoms with Crippen molar-refractivity contribution in [3.63, 3.8) is 0 Å². The summed E-state index contributed by atoms with van der Waals surface area (Å²) in [5.74, 6) is -0.251. The van der Waals surface area contributed by atoms with E-state index in [1.165, 1.54) is 173 Å². The van der Waals surface area contributed by atoms with Gasteiger partial charge in [0.25, 0.3) is 0 Å². The molecule has 70 heavy (non-hydrogen) atoms. The van der Waals surface area contributed by atoms with Crippen LogP contribution in [0.4, 0.5) is 4.79 Å². The quantitative estimate of drug-likeness (QED) is 0.0269. The number of aliphatic hydroxyl groups excluding tert-OH is 5. The third kappa shape index (κ3) is 38.1. The molecule has 1 aliphatic rings. The van der Waals surface area contributed by atoms with Crippen LogP contribution < -0.4 is 10.6 Å². The first kappa shape index (κ1) is 66.4. The Hall–Kier alpha value is -1.58. The number of amides is 2. The van der Waals surface area contributed by atoms with Gasteiger partial charge in [0.2, 0.25) is 5.91 Å². The third-order valence-corrected chi connectivity index (χ3v) is 14.4. The summed E-state index contributed by atoms with van der Waals surface area (Å²) >= 11 is 0. The van der Waals surface area contributed by atoms with Crippen LogP contribution >= 0.6 is 0 Å². The van der Waals surface area contributed by atoms with Gasteiger partial charge >= 0.3 is 6.09 Å². The molecular formula is C57H112N2O11. The van der Waals surface area contributed by atoms with Crippen molar-refractivity contribution < 1.29 is 54.4 Å². The van der Waals surface area contributed by atoms with E-state index < -0.39 is 55.0 Å². The van der Waals surface area contributed by atoms with E-state index in [0.717, 1.165) is 57.8 Å². The van der Waals surface area contributed by atoms with Gasteiger partial charge < -0.3 is 55.5 Å². The lowest BCUT2D eigenvalue weighted by molar-refractivity contribution is -0.304. The molecule has 1 fully saturated rings. The molecule has 1 aliphatic heterocycles. The minimum Gasteiger partial charge on any atom is -0.465 e. The number of hydrogen-bond acceptors (Lipinski definition) is 10. The molecule has 1 heterocycles. The van der Waals surface area contributed by atoms with Crippen LogP contribution in [0.25, 0.3) is 0 Å². The standard InChI is InChI=1S/C57H112N2O11/c1-3-5-7-9-11-13-15-17-18-19-20-21-22-23-24-25-26-27-29-31-33-35-39-43-51(61)59-48(52(62)49(60)42-38-34-32-30-28-16-14-12-10-8-6-4-2)46-69-56-55(65)54(64)53(63)50(70-56)47-68-45-41-37-36-40-44-58-57(66)67/h48-50,52-56,58,60,62-65H,3-47H2,1-2H3,(H,59,61)(H,66,67)/t48-,49+,50+,52-,53-,54-,55+,56-/m0/s1. The zero-order chi connectivity index (χ0) is 51.1. The van der Waals surface area contributed by atoms with E-state index in [1.807, 2.05) is 0 Å². The lowest BCUT2D eigenvalue weighted by Crippen LogP contribution is -2.60. The number of carbonyl (C=O) groups excluding carboxylic acids is 1. The Labute approximate surface area is 428 Å². The number of carbonyl (C=O) groups is 2. The van der Waals surface area contributed by atoms with Crippen molar-refractivity contribution in [3.8, 4) is 0 Å². The maximum atomic E-state index is 13.2. The normalized spacial score (nSPS) is 19.6. The SMILES string of the molecule is CCCCCCCCCCCCCCCCCCCCCCCCCC(=O)N[C@@H](CO[C@H]1O[C@H](COCCCCCCNC(=O)O)[C@H](O)[C@H](O)[C@H]1O)[C@H](O)[C@H](O)CCCCCCCCCCCCCC. The van der Waals surface area contributed by atoms with Gasteiger partial charge in [-0.2, -0.15) is 0 Å². The molecule has 0 bridgehead atoms. The number of nitrogens with one attached hydrogen (secondary N) is 2. The Morgan fingerprint density at radius 1 is 0.514 bits per heavy atom. The molecule has 1 rings (SSSR count). The molecule has 416 valence electrons. The summed E-state index contributed by atoms with van der Waals surface area (Å²) < 4.78 is 17.5. The Morgan fingerprint density at radius 3 is 1.36 bits per heavy atom. The summed E-state index contributed by atoms with van der Waals surface area (Å²) in [6.45, 7) is 4.91. The zero-order valence-electron chi connectivity index (χ0n) is 45.2. The van der Waals surface area contributed by atoms with Crippen molar-refractivity contribution in [2.24, 2.45) is 0 Å². The molecule has 13 nitrogen and oxygen atoms in total. The van der Waals surface area contributed by atoms with Crippen molar-refractivity contribution in [3.05, 3.63) is 0 Å². The topological polar surface area (TPSA) is 207 Å². The summed E-state index contributed by atoms with van der Waals surface area (Å²) in [6.07, 6.45) is 37.5. The first-order chi connectivity index (χ1) is 34.1. The molecule has 0 aromatic rings. The molecule has 0 saturated carbocycles. The van der Waals surface area contributed by atoms with Crippen LogP contribution in [0.15, 0.2) is 0 Å². The van der Waals surface area contributed by atoms with E-state index in [0.29, 0.717) is 38.8 Å². The monoisotopic (exact) mass is 1000 g/mol. The predicted octanol–water partition coefficient (Wildman–Crippen LogP) is 12.3. The smallest absolute Gasteiger partial charge is 0.404 e. The van der Waals surface area contributed by atoms with Crippen molar-refractivity contribution in [2.75, 3.05) is 26.4 Å². The summed E-state index contributed by atoms with van der Waals surface area (Å²) in [5, 5.41) is 68.5. The third-order valence-electron chi connectivity index (χ3n) is 14.4. The predicted molar refractivity (Wildman–Crippen MR) is 284 cm³/mol. The minimum atomic E-state index is -1.60. The van der Waals surface area contributed by atoms with Gasteiger partial charge in [-0.3, -0.25) is 4.79 Å². The van der Waals surface area contributed by atoms with Crippen LogP contribution in [0, 0.1) is 0 Å². The van der Waals surface area contributed by atoms with E-state index in [9.17, 15) is 35.1 Å². The Morgan fingerprint density at radius 2 is 0.914 bits per heavy atom. The number of rotatable bonds is 52. The van der Waals surface area contributed by atoms with Gasteiger partial charge in [-0.15, -0.1) is 0 Å². The average molecular weight is 1000 g/mol. The Bertz CT molecular complexity index is 1150. The van der Waals surface area contributed by atoms with Crippen molar-refractivity contribution in [2.45, 2.75) is 326 Å². The second-order valence-corrected chi connectivity index (χ2v) is 21.0. The minimum absolute atomic E-state index is 0.0640. The number of unbranched alkanes of at least 4 members (excludes halogenated alkanes) is 36. The van der Waals surface area contributed by atoms with Gasteiger partial charge in [-0.1, -0.05) is 245 Å². The molecule has 0 aromatic heterocycles. The molecule has 0 aromatic carbocycles. The maximum absolute atomic E-state index is 13.2. The van der Waals surface area contributed by atoms with E-state index in [4.69, 9.17) is 19.3 Å². The van der Waals surface area contributed by atoms with Gasteiger partial charge in [0.05, 0.1) is 25.4 Å². The number of ether oxygens (including phenoxy) is 3. The summed E-state index contributed by atoms with van der Waals surface area (Å²) in [6, 6.07) is -0.996. The van der Waals surface area contributed by atoms with Crippen molar-refractivity contribution in [1.29, 1.82) is 0 Å². The number of aliphatic hydroxyl groups is 5. The molecule has 8 atom stereocenters. The first-order valence-electron chi connectivity index (χ1n) is 29.6. The molecule has 0 spiro atoms. The van der Waals surface area contributed by atoms with Gasteiger partial charge in [-0.25, -0.2) is 4.79 Å². The van der Waals surface area contributed by atoms with E-state index in [-0.39, 0.29) is 25.5 Å². The molecule has 0 aliphatic carbocycles. The van der Waals surface area contributed by atoms with Crippen molar-refractivity contribution >= 4 is 12.0 Å². The molecule has 0 radical (unpaired) electrons. The highest BCUT2D eigenvalue weighted by molar-refractivity contribution is 5.76. The number of carboxylic acid groups (broad SMARTS) is 1. The summed E-state index contributed by atoms with van der Waals surface area (Å²) in [4.78, 5) is 23.8. The molecule has 13 heteroatoms. The zero-order valence-corrected chi connectivity index (χ0v) is 45.2. The van der Waals surface area contributed by atoms with Crippen LogP contribution in [-0.2, 0) is 19.0 Å². The molecule has 0 unspecified atom stereocenters. The maximum Gasteiger partial charge on any atom is 0.404 e. The molecular weight excluding hydrogens is 889 g/mol. The second-order valence-electron chi connectivity index (χ2n) is 21.0. The Balaban J connectivity index is 2.45. The average Bonchev–Trinajstić information content (AvgIpc) is 3.35. The second kappa shape index (κ2) is 48.4. The fraction of sp³-hybridized carbons (Fsp3) is 0.965. The summed E-state index contributed by atoms with van der Waals surface area (Å²) in [5.41, 5.74) is 0. The molecule has 1 saturated heterocycles. The molecule has 2 amide bonds. The van der Waals surface area contributed by atoms with Gasteiger partial charge in [0.1, 0.15) is 30.5 Å². The molecule has 8 N–H and O–H groups in total. The Kier molecular flexibility index (Phi) is 45.9. The lowest BCUT2D eigenvalue weighted by atomic mass is 9.98. The van der Waals surface area contributed by atoms with Gasteiger partial charge in [0.15, 0.2) is 6.29 Å². The highest BCUT2D eigenvalue weighted by Crippen LogP contribution is 2.24. The lowest BCUT2D eigenvalue weighted by Gasteiger charge is -2.40. The fourth-order valence-electron chi connectivity index (χ4n) is 9.68. The van der Waals surface area contributed by atoms with Crippen LogP contribution in [0.1, 0.15) is 277 Å². The van der Waals surface area contributed by atoms with Crippen LogP contribution in [0.2, 0.25) is 0 Å². The highest BCUT2D eigenvalue weighted by atomic mass is 16.7. The van der Waals surface area contributed by atoms with Crippen LogP contribution in [0.3, 0.4) is 0 Å². The highest BCUT2D eigenvalue weighted by Gasteiger charge is 2.45. The fourth-order valence-corrected chi connectivity index (χ4v) is 9.68. The summed E-state index contributed by atoms with van der Waals surface area (Å²) in [7, 11) is 0. The first-order valence-corrected chi connectivity index (χ1v) is 29.6. The van der Waals surface area contributed by atoms with E-state index >= 15 is 0 Å². The van der Waals surface area contributed by atoms with Crippen molar-refractivity contribution in [1.82, 2.24) is 10.6 Å². The van der Waals surface area contributed by atoms with Crippen LogP contribution in [-0.4, -0.2) is 118 Å². The van der Waals surface area contributed by atoms with Gasteiger partial charge in [-0.05, 0) is 25.7 Å². The van der Waals surface area contributed by atoms with Gasteiger partial charge in [0, 0.05) is 19.6 Å². The number of hydrogen-bond donors (Lipinski definition) is 8. The van der Waals surface area contributed by atoms with E-state index in [1.54, 1.807) is 0 Å². The van der Waals surface area contributed by atoms with Crippen LogP contribution in [0.5, 0.6) is 0 Å².